The summed E-state index contributed by atoms with van der Waals surface area (Å²) in [5.41, 5.74) is 0.970. The van der Waals surface area contributed by atoms with Gasteiger partial charge in [0.2, 0.25) is 11.8 Å². The van der Waals surface area contributed by atoms with Crippen molar-refractivity contribution in [2.45, 2.75) is 32.7 Å². The van der Waals surface area contributed by atoms with Crippen molar-refractivity contribution in [3.05, 3.63) is 42.5 Å². The Bertz CT molecular complexity index is 672. The van der Waals surface area contributed by atoms with Crippen molar-refractivity contribution in [1.82, 2.24) is 15.5 Å². The summed E-state index contributed by atoms with van der Waals surface area (Å²) in [6, 6.07) is 7.74. The van der Waals surface area contributed by atoms with Gasteiger partial charge in [-0.1, -0.05) is 30.9 Å². The molecule has 0 bridgehead atoms. The first-order valence-electron chi connectivity index (χ1n) is 9.32. The highest BCUT2D eigenvalue weighted by Crippen LogP contribution is 2.18. The van der Waals surface area contributed by atoms with E-state index < -0.39 is 0 Å². The highest BCUT2D eigenvalue weighted by atomic mass is 16.5. The molecule has 1 aliphatic heterocycles. The van der Waals surface area contributed by atoms with Crippen LogP contribution in [0.5, 0.6) is 5.75 Å². The predicted octanol–water partition coefficient (Wildman–Crippen LogP) is 1.85. The number of hydrogen-bond acceptors (Lipinski definition) is 4. The molecule has 1 aromatic carbocycles. The molecule has 0 spiro atoms. The van der Waals surface area contributed by atoms with Crippen LogP contribution in [0.25, 0.3) is 0 Å². The highest BCUT2D eigenvalue weighted by molar-refractivity contribution is 5.97. The Morgan fingerprint density at radius 1 is 1.26 bits per heavy atom. The van der Waals surface area contributed by atoms with E-state index >= 15 is 0 Å². The van der Waals surface area contributed by atoms with Crippen LogP contribution in [0.1, 0.15) is 31.7 Å². The minimum atomic E-state index is -0.0942. The van der Waals surface area contributed by atoms with Crippen molar-refractivity contribution in [3.8, 4) is 5.75 Å². The minimum Gasteiger partial charge on any atom is -0.489 e. The molecule has 0 aromatic heterocycles. The Morgan fingerprint density at radius 2 is 2.00 bits per heavy atom. The second kappa shape index (κ2) is 11.0. The number of benzene rings is 1. The predicted molar refractivity (Wildman–Crippen MR) is 106 cm³/mol. The normalized spacial score (nSPS) is 14.9. The summed E-state index contributed by atoms with van der Waals surface area (Å²) in [5.74, 6) is 1.22. The number of piperidine rings is 1. The first-order valence-corrected chi connectivity index (χ1v) is 9.32. The Labute approximate surface area is 160 Å². The molecule has 0 unspecified atom stereocenters. The number of nitrogens with one attached hydrogen (secondary N) is 2. The van der Waals surface area contributed by atoms with Gasteiger partial charge in [0, 0.05) is 38.0 Å². The van der Waals surface area contributed by atoms with Gasteiger partial charge in [-0.3, -0.25) is 14.5 Å². The number of carbonyl (C=O) groups excluding carboxylic acids is 2. The van der Waals surface area contributed by atoms with Crippen LogP contribution in [-0.2, 0) is 16.1 Å². The van der Waals surface area contributed by atoms with Crippen molar-refractivity contribution in [2.75, 3.05) is 26.2 Å². The van der Waals surface area contributed by atoms with E-state index in [1.165, 1.54) is 4.90 Å². The van der Waals surface area contributed by atoms with Crippen molar-refractivity contribution in [3.63, 3.8) is 0 Å². The zero-order valence-electron chi connectivity index (χ0n) is 15.9. The molecule has 27 heavy (non-hydrogen) atoms. The number of amides is 2. The van der Waals surface area contributed by atoms with Gasteiger partial charge in [-0.25, -0.2) is 4.99 Å². The smallest absolute Gasteiger partial charge is 0.229 e. The van der Waals surface area contributed by atoms with Crippen molar-refractivity contribution >= 4 is 17.8 Å². The van der Waals surface area contributed by atoms with E-state index in [1.807, 2.05) is 31.2 Å². The molecule has 0 radical (unpaired) electrons. The van der Waals surface area contributed by atoms with E-state index in [4.69, 9.17) is 4.74 Å². The van der Waals surface area contributed by atoms with Crippen LogP contribution in [0.15, 0.2) is 41.9 Å². The fraction of sp³-hybridized carbons (Fsp3) is 0.450. The Morgan fingerprint density at radius 3 is 2.70 bits per heavy atom. The summed E-state index contributed by atoms with van der Waals surface area (Å²) >= 11 is 0. The van der Waals surface area contributed by atoms with Crippen LogP contribution in [0.3, 0.4) is 0 Å². The van der Waals surface area contributed by atoms with Crippen molar-refractivity contribution in [1.29, 1.82) is 0 Å². The number of likely N-dealkylation sites (tertiary alicyclic amines) is 1. The number of hydrogen-bond donors (Lipinski definition) is 2. The summed E-state index contributed by atoms with van der Waals surface area (Å²) in [5, 5.41) is 6.35. The van der Waals surface area contributed by atoms with Gasteiger partial charge < -0.3 is 15.4 Å². The maximum Gasteiger partial charge on any atom is 0.229 e. The topological polar surface area (TPSA) is 83.0 Å². The molecular formula is C20H28N4O3. The first-order chi connectivity index (χ1) is 13.2. The van der Waals surface area contributed by atoms with Gasteiger partial charge >= 0.3 is 0 Å². The van der Waals surface area contributed by atoms with E-state index in [9.17, 15) is 9.59 Å². The monoisotopic (exact) mass is 372 g/mol. The number of nitrogens with zero attached hydrogens (tertiary/aromatic N) is 2. The lowest BCUT2D eigenvalue weighted by molar-refractivity contribution is -0.147. The zero-order valence-corrected chi connectivity index (χ0v) is 15.9. The van der Waals surface area contributed by atoms with Crippen molar-refractivity contribution in [2.24, 2.45) is 4.99 Å². The molecule has 7 nitrogen and oxygen atoms in total. The number of aliphatic imine (C=N–C) groups is 1. The third-order valence-electron chi connectivity index (χ3n) is 4.09. The first kappa shape index (κ1) is 20.5. The Hall–Kier alpha value is -2.83. The second-order valence-electron chi connectivity index (χ2n) is 6.12. The number of imide groups is 1. The Kier molecular flexibility index (Phi) is 8.35. The number of ether oxygens (including phenoxy) is 1. The van der Waals surface area contributed by atoms with Gasteiger partial charge in [0.05, 0.1) is 6.54 Å². The van der Waals surface area contributed by atoms with Gasteiger partial charge in [-0.15, -0.1) is 0 Å². The Balaban J connectivity index is 1.93. The largest absolute Gasteiger partial charge is 0.489 e. The fourth-order valence-electron chi connectivity index (χ4n) is 2.77. The maximum absolute atomic E-state index is 11.9. The van der Waals surface area contributed by atoms with E-state index in [-0.39, 0.29) is 11.8 Å². The third kappa shape index (κ3) is 6.44. The molecule has 0 atom stereocenters. The molecule has 1 saturated heterocycles. The molecule has 1 aliphatic rings. The average Bonchev–Trinajstić information content (AvgIpc) is 2.67. The van der Waals surface area contributed by atoms with Gasteiger partial charge in [0.15, 0.2) is 5.96 Å². The van der Waals surface area contributed by atoms with E-state index in [0.717, 1.165) is 11.3 Å². The van der Waals surface area contributed by atoms with Crippen LogP contribution in [0, 0.1) is 0 Å². The number of rotatable bonds is 9. The van der Waals surface area contributed by atoms with E-state index in [1.54, 1.807) is 6.08 Å². The summed E-state index contributed by atoms with van der Waals surface area (Å²) < 4.78 is 5.65. The number of carbonyl (C=O) groups is 2. The molecule has 146 valence electrons. The van der Waals surface area contributed by atoms with E-state index in [0.29, 0.717) is 58.0 Å². The van der Waals surface area contributed by atoms with Gasteiger partial charge in [-0.2, -0.15) is 0 Å². The lowest BCUT2D eigenvalue weighted by Crippen LogP contribution is -2.46. The molecule has 1 aromatic rings. The van der Waals surface area contributed by atoms with Gasteiger partial charge in [0.1, 0.15) is 12.4 Å². The van der Waals surface area contributed by atoms with Crippen LogP contribution in [0.4, 0.5) is 0 Å². The molecule has 7 heteroatoms. The zero-order chi connectivity index (χ0) is 19.5. The third-order valence-corrected chi connectivity index (χ3v) is 4.09. The fourth-order valence-corrected chi connectivity index (χ4v) is 2.77. The average molecular weight is 372 g/mol. The number of guanidine groups is 1. The van der Waals surface area contributed by atoms with Crippen LogP contribution in [0.2, 0.25) is 0 Å². The molecule has 2 N–H and O–H groups in total. The highest BCUT2D eigenvalue weighted by Gasteiger charge is 2.25. The summed E-state index contributed by atoms with van der Waals surface area (Å²) in [4.78, 5) is 29.6. The lowest BCUT2D eigenvalue weighted by atomic mass is 10.1. The summed E-state index contributed by atoms with van der Waals surface area (Å²) in [7, 11) is 0. The molecule has 2 rings (SSSR count). The van der Waals surface area contributed by atoms with Gasteiger partial charge in [0.25, 0.3) is 0 Å². The quantitative estimate of drug-likeness (QED) is 0.299. The SMILES string of the molecule is C=CCOc1ccccc1CN=C(NCC)NCCN1C(=O)CCCC1=O. The van der Waals surface area contributed by atoms with Crippen LogP contribution >= 0.6 is 0 Å². The van der Waals surface area contributed by atoms with Crippen LogP contribution in [-0.4, -0.2) is 48.9 Å². The standard InChI is InChI=1S/C20H28N4O3/c1-3-14-27-17-9-6-5-8-16(17)15-23-20(21-4-2)22-12-13-24-18(25)10-7-11-19(24)26/h3,5-6,8-9H,1,4,7,10-15H2,2H3,(H2,21,22,23). The van der Waals surface area contributed by atoms with Crippen LogP contribution < -0.4 is 15.4 Å². The second-order valence-corrected chi connectivity index (χ2v) is 6.12. The molecule has 0 saturated carbocycles. The van der Waals surface area contributed by atoms with E-state index in [2.05, 4.69) is 22.2 Å². The molecular weight excluding hydrogens is 344 g/mol. The molecule has 2 amide bonds. The summed E-state index contributed by atoms with van der Waals surface area (Å²) in [6.45, 7) is 8.05. The van der Waals surface area contributed by atoms with Crippen molar-refractivity contribution < 1.29 is 14.3 Å². The maximum atomic E-state index is 11.9. The van der Waals surface area contributed by atoms with Gasteiger partial charge in [-0.05, 0) is 19.4 Å². The minimum absolute atomic E-state index is 0.0942. The molecule has 1 heterocycles. The summed E-state index contributed by atoms with van der Waals surface area (Å²) in [6.07, 6.45) is 3.25. The number of para-hydroxylation sites is 1. The molecule has 0 aliphatic carbocycles. The lowest BCUT2D eigenvalue weighted by Gasteiger charge is -2.25. The molecule has 1 fully saturated rings.